The molecule has 33 heavy (non-hydrogen) atoms. The van der Waals surface area contributed by atoms with E-state index in [2.05, 4.69) is 9.88 Å². The Hall–Kier alpha value is -2.12. The highest BCUT2D eigenvalue weighted by atomic mass is 32.2. The molecule has 0 radical (unpaired) electrons. The molecule has 9 nitrogen and oxygen atoms in total. The van der Waals surface area contributed by atoms with Crippen molar-refractivity contribution in [3.05, 3.63) is 48.4 Å². The van der Waals surface area contributed by atoms with Crippen LogP contribution >= 0.6 is 0 Å². The number of hydrogen-bond acceptors (Lipinski definition) is 7. The fourth-order valence-corrected chi connectivity index (χ4v) is 6.85. The molecule has 0 amide bonds. The summed E-state index contributed by atoms with van der Waals surface area (Å²) in [5, 5.41) is 0. The fraction of sp³-hybridized carbons (Fsp3) is 0.476. The Labute approximate surface area is 194 Å². The van der Waals surface area contributed by atoms with Gasteiger partial charge in [-0.2, -0.15) is 8.61 Å². The molecule has 0 N–H and O–H groups in total. The van der Waals surface area contributed by atoms with Gasteiger partial charge in [-0.25, -0.2) is 26.2 Å². The number of aromatic nitrogens is 1. The largest absolute Gasteiger partial charge is 0.355 e. The minimum atomic E-state index is -3.72. The second kappa shape index (κ2) is 9.63. The number of nitrogens with zero attached hydrogens (tertiary/aromatic N) is 5. The van der Waals surface area contributed by atoms with Gasteiger partial charge in [0.1, 0.15) is 16.5 Å². The summed E-state index contributed by atoms with van der Waals surface area (Å²) in [5.74, 6) is 0.119. The van der Waals surface area contributed by atoms with E-state index in [1.165, 1.54) is 26.9 Å². The van der Waals surface area contributed by atoms with Gasteiger partial charge in [-0.3, -0.25) is 0 Å². The topological polar surface area (TPSA) is 94.1 Å². The van der Waals surface area contributed by atoms with Crippen LogP contribution < -0.4 is 4.90 Å². The van der Waals surface area contributed by atoms with E-state index in [1.807, 2.05) is 11.9 Å². The minimum absolute atomic E-state index is 0.0638. The van der Waals surface area contributed by atoms with Crippen LogP contribution in [-0.2, 0) is 20.0 Å². The van der Waals surface area contributed by atoms with Crippen LogP contribution in [0.3, 0.4) is 0 Å². The monoisotopic (exact) mass is 497 g/mol. The van der Waals surface area contributed by atoms with Crippen molar-refractivity contribution in [3.8, 4) is 0 Å². The van der Waals surface area contributed by atoms with E-state index in [-0.39, 0.29) is 16.3 Å². The van der Waals surface area contributed by atoms with Gasteiger partial charge in [0.15, 0.2) is 0 Å². The lowest BCUT2D eigenvalue weighted by Crippen LogP contribution is -2.47. The Morgan fingerprint density at radius 3 is 1.94 bits per heavy atom. The van der Waals surface area contributed by atoms with E-state index in [9.17, 15) is 21.2 Å². The summed E-state index contributed by atoms with van der Waals surface area (Å²) in [4.78, 5) is 8.64. The molecule has 3 heterocycles. The molecule has 0 saturated carbocycles. The molecule has 2 aromatic rings. The number of rotatable bonds is 5. The van der Waals surface area contributed by atoms with Crippen LogP contribution in [-0.4, -0.2) is 94.7 Å². The van der Waals surface area contributed by atoms with Gasteiger partial charge in [-0.15, -0.1) is 0 Å². The standard InChI is InChI=1S/C21H28FN5O4S2/c1-24-11-14-27(15-12-24)33(30,31)20-7-8-21(23-17-20)25-9-2-10-26(16-13-25)32(28,29)19-5-3-18(22)4-6-19/h3-8,17H,2,9-16H2,1H3. The molecule has 2 fully saturated rings. The molecule has 0 bridgehead atoms. The summed E-state index contributed by atoms with van der Waals surface area (Å²) < 4.78 is 67.7. The molecule has 1 aromatic heterocycles. The maximum Gasteiger partial charge on any atom is 0.244 e. The third-order valence-electron chi connectivity index (χ3n) is 6.05. The molecule has 0 aliphatic carbocycles. The number of anilines is 1. The normalized spacial score (nSPS) is 20.0. The predicted molar refractivity (Wildman–Crippen MR) is 122 cm³/mol. The molecule has 0 unspecified atom stereocenters. The van der Waals surface area contributed by atoms with Crippen LogP contribution in [0, 0.1) is 5.82 Å². The number of hydrogen-bond donors (Lipinski definition) is 0. The van der Waals surface area contributed by atoms with E-state index >= 15 is 0 Å². The molecule has 4 rings (SSSR count). The number of likely N-dealkylation sites (N-methyl/N-ethyl adjacent to an activating group) is 1. The minimum Gasteiger partial charge on any atom is -0.355 e. The van der Waals surface area contributed by atoms with Crippen molar-refractivity contribution in [1.82, 2.24) is 18.5 Å². The molecule has 2 saturated heterocycles. The average Bonchev–Trinajstić information content (AvgIpc) is 3.07. The van der Waals surface area contributed by atoms with E-state index in [4.69, 9.17) is 0 Å². The Bertz CT molecular complexity index is 1170. The van der Waals surface area contributed by atoms with Crippen molar-refractivity contribution in [2.45, 2.75) is 16.2 Å². The van der Waals surface area contributed by atoms with Crippen LogP contribution in [0.4, 0.5) is 10.2 Å². The molecular formula is C21H28FN5O4S2. The van der Waals surface area contributed by atoms with Crippen LogP contribution in [0.5, 0.6) is 0 Å². The molecule has 12 heteroatoms. The Morgan fingerprint density at radius 1 is 0.727 bits per heavy atom. The van der Waals surface area contributed by atoms with Gasteiger partial charge in [0, 0.05) is 58.6 Å². The van der Waals surface area contributed by atoms with Crippen LogP contribution in [0.2, 0.25) is 0 Å². The highest BCUT2D eigenvalue weighted by Gasteiger charge is 2.29. The summed E-state index contributed by atoms with van der Waals surface area (Å²) in [6.45, 7) is 3.88. The number of benzene rings is 1. The highest BCUT2D eigenvalue weighted by Crippen LogP contribution is 2.22. The first-order chi connectivity index (χ1) is 15.7. The Kier molecular flexibility index (Phi) is 7.01. The zero-order chi connectivity index (χ0) is 23.6. The number of piperazine rings is 1. The first-order valence-corrected chi connectivity index (χ1v) is 13.7. The van der Waals surface area contributed by atoms with Crippen molar-refractivity contribution in [1.29, 1.82) is 0 Å². The maximum absolute atomic E-state index is 13.2. The summed E-state index contributed by atoms with van der Waals surface area (Å²) in [7, 11) is -5.34. The van der Waals surface area contributed by atoms with E-state index in [0.29, 0.717) is 58.1 Å². The summed E-state index contributed by atoms with van der Waals surface area (Å²) >= 11 is 0. The molecule has 2 aliphatic heterocycles. The number of pyridine rings is 1. The van der Waals surface area contributed by atoms with Gasteiger partial charge >= 0.3 is 0 Å². The van der Waals surface area contributed by atoms with Gasteiger partial charge in [0.25, 0.3) is 0 Å². The zero-order valence-corrected chi connectivity index (χ0v) is 20.1. The SMILES string of the molecule is CN1CCN(S(=O)(=O)c2ccc(N3CCCN(S(=O)(=O)c4ccc(F)cc4)CC3)nc2)CC1. The highest BCUT2D eigenvalue weighted by molar-refractivity contribution is 7.89. The average molecular weight is 498 g/mol. The quantitative estimate of drug-likeness (QED) is 0.610. The van der Waals surface area contributed by atoms with Crippen molar-refractivity contribution in [3.63, 3.8) is 0 Å². The van der Waals surface area contributed by atoms with E-state index < -0.39 is 25.9 Å². The van der Waals surface area contributed by atoms with Gasteiger partial charge in [-0.1, -0.05) is 0 Å². The Balaban J connectivity index is 1.44. The van der Waals surface area contributed by atoms with E-state index in [0.717, 1.165) is 12.1 Å². The smallest absolute Gasteiger partial charge is 0.244 e. The summed E-state index contributed by atoms with van der Waals surface area (Å²) in [6, 6.07) is 8.06. The third kappa shape index (κ3) is 5.19. The second-order valence-electron chi connectivity index (χ2n) is 8.26. The zero-order valence-electron chi connectivity index (χ0n) is 18.5. The maximum atomic E-state index is 13.2. The van der Waals surface area contributed by atoms with Gasteiger partial charge < -0.3 is 9.80 Å². The first kappa shape index (κ1) is 24.0. The van der Waals surface area contributed by atoms with Crippen molar-refractivity contribution in [2.75, 3.05) is 64.3 Å². The number of sulfonamides is 2. The molecule has 1 aromatic carbocycles. The van der Waals surface area contributed by atoms with Crippen LogP contribution in [0.15, 0.2) is 52.4 Å². The van der Waals surface area contributed by atoms with Crippen molar-refractivity contribution < 1.29 is 21.2 Å². The third-order valence-corrected chi connectivity index (χ3v) is 9.85. The van der Waals surface area contributed by atoms with Crippen LogP contribution in [0.25, 0.3) is 0 Å². The number of halogens is 1. The van der Waals surface area contributed by atoms with E-state index in [1.54, 1.807) is 12.1 Å². The van der Waals surface area contributed by atoms with Gasteiger partial charge in [0.05, 0.1) is 4.90 Å². The van der Waals surface area contributed by atoms with Gasteiger partial charge in [-0.05, 0) is 49.9 Å². The lowest BCUT2D eigenvalue weighted by Gasteiger charge is -2.31. The predicted octanol–water partition coefficient (Wildman–Crippen LogP) is 1.06. The lowest BCUT2D eigenvalue weighted by atomic mass is 10.3. The second-order valence-corrected chi connectivity index (χ2v) is 12.1. The molecular weight excluding hydrogens is 469 g/mol. The first-order valence-electron chi connectivity index (χ1n) is 10.8. The van der Waals surface area contributed by atoms with Crippen molar-refractivity contribution >= 4 is 25.9 Å². The molecule has 0 spiro atoms. The Morgan fingerprint density at radius 2 is 1.30 bits per heavy atom. The van der Waals surface area contributed by atoms with Crippen LogP contribution in [0.1, 0.15) is 6.42 Å². The van der Waals surface area contributed by atoms with Gasteiger partial charge in [0.2, 0.25) is 20.0 Å². The molecule has 0 atom stereocenters. The fourth-order valence-electron chi connectivity index (χ4n) is 4.01. The summed E-state index contributed by atoms with van der Waals surface area (Å²) in [6.07, 6.45) is 1.96. The molecule has 2 aliphatic rings. The van der Waals surface area contributed by atoms with Crippen molar-refractivity contribution in [2.24, 2.45) is 0 Å². The summed E-state index contributed by atoms with van der Waals surface area (Å²) in [5.41, 5.74) is 0. The lowest BCUT2D eigenvalue weighted by molar-refractivity contribution is 0.222. The molecule has 180 valence electrons.